The van der Waals surface area contributed by atoms with Gasteiger partial charge < -0.3 is 5.73 Å². The van der Waals surface area contributed by atoms with E-state index in [2.05, 4.69) is 35.4 Å². The van der Waals surface area contributed by atoms with Crippen LogP contribution in [0.25, 0.3) is 17.1 Å². The molecule has 0 aliphatic rings. The summed E-state index contributed by atoms with van der Waals surface area (Å²) in [4.78, 5) is 0. The standard InChI is InChI=1S/C16H17N5/c1-11-4-3-5-15(12(11)2)21-16(18-19-20-21)14-8-6-13(10-17)7-9-14/h3-9H,10,17H2,1-2H3. The SMILES string of the molecule is Cc1cccc(-n2nnnc2-c2ccc(CN)cc2)c1C. The van der Waals surface area contributed by atoms with E-state index in [-0.39, 0.29) is 0 Å². The highest BCUT2D eigenvalue weighted by Crippen LogP contribution is 2.23. The van der Waals surface area contributed by atoms with E-state index < -0.39 is 0 Å². The lowest BCUT2D eigenvalue weighted by molar-refractivity contribution is 0.786. The monoisotopic (exact) mass is 279 g/mol. The van der Waals surface area contributed by atoms with Crippen molar-refractivity contribution in [1.29, 1.82) is 0 Å². The second kappa shape index (κ2) is 5.46. The van der Waals surface area contributed by atoms with E-state index in [0.29, 0.717) is 6.54 Å². The highest BCUT2D eigenvalue weighted by Gasteiger charge is 2.13. The lowest BCUT2D eigenvalue weighted by Crippen LogP contribution is -2.03. The van der Waals surface area contributed by atoms with Crippen LogP contribution in [0.2, 0.25) is 0 Å². The summed E-state index contributed by atoms with van der Waals surface area (Å²) >= 11 is 0. The van der Waals surface area contributed by atoms with Crippen LogP contribution in [-0.4, -0.2) is 20.2 Å². The Kier molecular flexibility index (Phi) is 3.50. The molecule has 106 valence electrons. The number of hydrogen-bond acceptors (Lipinski definition) is 4. The van der Waals surface area contributed by atoms with Gasteiger partial charge in [-0.15, -0.1) is 5.10 Å². The fraction of sp³-hybridized carbons (Fsp3) is 0.188. The molecular weight excluding hydrogens is 262 g/mol. The molecule has 21 heavy (non-hydrogen) atoms. The summed E-state index contributed by atoms with van der Waals surface area (Å²) in [6, 6.07) is 14.1. The largest absolute Gasteiger partial charge is 0.326 e. The zero-order chi connectivity index (χ0) is 14.8. The summed E-state index contributed by atoms with van der Waals surface area (Å²) < 4.78 is 1.78. The van der Waals surface area contributed by atoms with Crippen molar-refractivity contribution in [1.82, 2.24) is 20.2 Å². The average Bonchev–Trinajstić information content (AvgIpc) is 2.99. The van der Waals surface area contributed by atoms with E-state index in [1.807, 2.05) is 36.4 Å². The van der Waals surface area contributed by atoms with Crippen LogP contribution in [-0.2, 0) is 6.54 Å². The van der Waals surface area contributed by atoms with Crippen LogP contribution in [0.4, 0.5) is 0 Å². The molecule has 0 fully saturated rings. The molecule has 0 saturated carbocycles. The van der Waals surface area contributed by atoms with Gasteiger partial charge in [0.25, 0.3) is 0 Å². The molecule has 0 aliphatic heterocycles. The zero-order valence-electron chi connectivity index (χ0n) is 12.1. The van der Waals surface area contributed by atoms with Gasteiger partial charge in [-0.3, -0.25) is 0 Å². The van der Waals surface area contributed by atoms with Crippen molar-refractivity contribution < 1.29 is 0 Å². The van der Waals surface area contributed by atoms with Crippen LogP contribution >= 0.6 is 0 Å². The van der Waals surface area contributed by atoms with Crippen molar-refractivity contribution in [3.05, 3.63) is 59.2 Å². The number of nitrogens with two attached hydrogens (primary N) is 1. The first-order chi connectivity index (χ1) is 10.2. The topological polar surface area (TPSA) is 69.6 Å². The third kappa shape index (κ3) is 2.43. The van der Waals surface area contributed by atoms with E-state index >= 15 is 0 Å². The maximum absolute atomic E-state index is 5.63. The quantitative estimate of drug-likeness (QED) is 0.799. The predicted molar refractivity (Wildman–Crippen MR) is 82.0 cm³/mol. The van der Waals surface area contributed by atoms with Crippen molar-refractivity contribution >= 4 is 0 Å². The second-order valence-corrected chi connectivity index (χ2v) is 5.03. The Morgan fingerprint density at radius 1 is 1.05 bits per heavy atom. The Labute approximate surface area is 123 Å². The number of aromatic nitrogens is 4. The predicted octanol–water partition coefficient (Wildman–Crippen LogP) is 2.40. The highest BCUT2D eigenvalue weighted by atomic mass is 15.5. The fourth-order valence-corrected chi connectivity index (χ4v) is 2.28. The first kappa shape index (κ1) is 13.5. The van der Waals surface area contributed by atoms with Crippen molar-refractivity contribution in [3.8, 4) is 17.1 Å². The van der Waals surface area contributed by atoms with Crippen molar-refractivity contribution in [3.63, 3.8) is 0 Å². The van der Waals surface area contributed by atoms with Crippen LogP contribution in [0.15, 0.2) is 42.5 Å². The van der Waals surface area contributed by atoms with Crippen molar-refractivity contribution in [2.24, 2.45) is 5.73 Å². The van der Waals surface area contributed by atoms with Gasteiger partial charge in [0.1, 0.15) is 0 Å². The molecule has 0 bridgehead atoms. The Hall–Kier alpha value is -2.53. The number of tetrazole rings is 1. The van der Waals surface area contributed by atoms with Gasteiger partial charge in [-0.2, -0.15) is 4.68 Å². The number of benzene rings is 2. The minimum atomic E-state index is 0.530. The molecule has 0 radical (unpaired) electrons. The lowest BCUT2D eigenvalue weighted by atomic mass is 10.1. The van der Waals surface area contributed by atoms with Crippen LogP contribution in [0, 0.1) is 13.8 Å². The van der Waals surface area contributed by atoms with E-state index in [1.54, 1.807) is 4.68 Å². The Morgan fingerprint density at radius 3 is 2.52 bits per heavy atom. The first-order valence-electron chi connectivity index (χ1n) is 6.85. The molecule has 0 unspecified atom stereocenters. The molecule has 0 saturated heterocycles. The van der Waals surface area contributed by atoms with Gasteiger partial charge in [0.05, 0.1) is 5.69 Å². The summed E-state index contributed by atoms with van der Waals surface area (Å²) in [7, 11) is 0. The lowest BCUT2D eigenvalue weighted by Gasteiger charge is -2.10. The number of rotatable bonds is 3. The molecule has 2 aromatic carbocycles. The second-order valence-electron chi connectivity index (χ2n) is 5.03. The molecule has 0 atom stereocenters. The Balaban J connectivity index is 2.10. The summed E-state index contributed by atoms with van der Waals surface area (Å²) in [5.74, 6) is 0.729. The Morgan fingerprint density at radius 2 is 1.81 bits per heavy atom. The Bertz CT molecular complexity index is 759. The molecule has 2 N–H and O–H groups in total. The van der Waals surface area contributed by atoms with Crippen LogP contribution < -0.4 is 5.73 Å². The molecule has 3 rings (SSSR count). The fourth-order valence-electron chi connectivity index (χ4n) is 2.28. The van der Waals surface area contributed by atoms with E-state index in [4.69, 9.17) is 5.73 Å². The molecule has 1 aromatic heterocycles. The molecule has 5 nitrogen and oxygen atoms in total. The summed E-state index contributed by atoms with van der Waals surface area (Å²) in [6.07, 6.45) is 0. The van der Waals surface area contributed by atoms with Crippen LogP contribution in [0.5, 0.6) is 0 Å². The third-order valence-electron chi connectivity index (χ3n) is 3.72. The third-order valence-corrected chi connectivity index (χ3v) is 3.72. The van der Waals surface area contributed by atoms with Gasteiger partial charge >= 0.3 is 0 Å². The molecular formula is C16H17N5. The van der Waals surface area contributed by atoms with Crippen molar-refractivity contribution in [2.45, 2.75) is 20.4 Å². The van der Waals surface area contributed by atoms with Gasteiger partial charge in [-0.25, -0.2) is 0 Å². The number of nitrogens with zero attached hydrogens (tertiary/aromatic N) is 4. The normalized spacial score (nSPS) is 10.8. The molecule has 0 amide bonds. The van der Waals surface area contributed by atoms with Crippen molar-refractivity contribution in [2.75, 3.05) is 0 Å². The van der Waals surface area contributed by atoms with E-state index in [1.165, 1.54) is 11.1 Å². The molecule has 0 spiro atoms. The molecule has 0 aliphatic carbocycles. The summed E-state index contributed by atoms with van der Waals surface area (Å²) in [5.41, 5.74) is 11.1. The zero-order valence-corrected chi connectivity index (χ0v) is 12.1. The van der Waals surface area contributed by atoms with Gasteiger partial charge in [0.2, 0.25) is 0 Å². The molecule has 1 heterocycles. The minimum Gasteiger partial charge on any atom is -0.326 e. The number of aryl methyl sites for hydroxylation is 1. The van der Waals surface area contributed by atoms with Gasteiger partial charge in [-0.05, 0) is 47.0 Å². The minimum absolute atomic E-state index is 0.530. The van der Waals surface area contributed by atoms with E-state index in [9.17, 15) is 0 Å². The van der Waals surface area contributed by atoms with Gasteiger partial charge in [0.15, 0.2) is 5.82 Å². The summed E-state index contributed by atoms with van der Waals surface area (Å²) in [6.45, 7) is 4.69. The summed E-state index contributed by atoms with van der Waals surface area (Å²) in [5, 5.41) is 12.1. The smallest absolute Gasteiger partial charge is 0.187 e. The maximum atomic E-state index is 5.63. The first-order valence-corrected chi connectivity index (χ1v) is 6.85. The average molecular weight is 279 g/mol. The van der Waals surface area contributed by atoms with Crippen LogP contribution in [0.3, 0.4) is 0 Å². The highest BCUT2D eigenvalue weighted by molar-refractivity contribution is 5.59. The number of hydrogen-bond donors (Lipinski definition) is 1. The maximum Gasteiger partial charge on any atom is 0.187 e. The van der Waals surface area contributed by atoms with Gasteiger partial charge in [0, 0.05) is 12.1 Å². The molecule has 5 heteroatoms. The van der Waals surface area contributed by atoms with Crippen LogP contribution in [0.1, 0.15) is 16.7 Å². The molecule has 3 aromatic rings. The van der Waals surface area contributed by atoms with Gasteiger partial charge in [-0.1, -0.05) is 36.4 Å². The van der Waals surface area contributed by atoms with E-state index in [0.717, 1.165) is 22.6 Å².